The molecule has 2 rings (SSSR count). The van der Waals surface area contributed by atoms with Gasteiger partial charge in [0.15, 0.2) is 0 Å². The highest BCUT2D eigenvalue weighted by Crippen LogP contribution is 2.24. The van der Waals surface area contributed by atoms with Crippen LogP contribution >= 0.6 is 15.9 Å². The summed E-state index contributed by atoms with van der Waals surface area (Å²) in [7, 11) is 1.70. The van der Waals surface area contributed by atoms with Gasteiger partial charge in [0.2, 0.25) is 5.91 Å². The molecule has 0 saturated carbocycles. The second-order valence-electron chi connectivity index (χ2n) is 3.95. The number of pyridine rings is 1. The number of hydrogen-bond acceptors (Lipinski definition) is 3. The van der Waals surface area contributed by atoms with Crippen molar-refractivity contribution in [3.05, 3.63) is 34.6 Å². The third-order valence-electron chi connectivity index (χ3n) is 2.50. The number of fused-ring (bicyclic) bond motifs is 1. The van der Waals surface area contributed by atoms with Gasteiger partial charge in [0.05, 0.1) is 16.5 Å². The summed E-state index contributed by atoms with van der Waals surface area (Å²) in [4.78, 5) is 16.7. The first-order chi connectivity index (χ1) is 8.47. The minimum Gasteiger partial charge on any atom is -0.368 e. The molecule has 0 bridgehead atoms. The van der Waals surface area contributed by atoms with Crippen molar-refractivity contribution in [3.63, 3.8) is 0 Å². The third kappa shape index (κ3) is 2.59. The standard InChI is InChI=1S/C12H11BrFN3O/c1-17(6-11(15)18)12-3-2-7-4-8(13)9(14)5-10(7)16-12/h2-5H,6H2,1H3,(H2,15,18). The second kappa shape index (κ2) is 4.89. The van der Waals surface area contributed by atoms with E-state index in [9.17, 15) is 9.18 Å². The van der Waals surface area contributed by atoms with Gasteiger partial charge in [-0.15, -0.1) is 0 Å². The Labute approximate surface area is 112 Å². The fraction of sp³-hybridized carbons (Fsp3) is 0.167. The Hall–Kier alpha value is -1.69. The van der Waals surface area contributed by atoms with Crippen molar-refractivity contribution in [2.24, 2.45) is 5.73 Å². The summed E-state index contributed by atoms with van der Waals surface area (Å²) in [6, 6.07) is 6.59. The maximum absolute atomic E-state index is 13.4. The van der Waals surface area contributed by atoms with E-state index in [1.165, 1.54) is 6.07 Å². The molecular formula is C12H11BrFN3O. The van der Waals surface area contributed by atoms with Crippen LogP contribution in [0.5, 0.6) is 0 Å². The van der Waals surface area contributed by atoms with Crippen LogP contribution in [-0.2, 0) is 4.79 Å². The number of benzene rings is 1. The van der Waals surface area contributed by atoms with Gasteiger partial charge in [-0.2, -0.15) is 0 Å². The number of nitrogens with zero attached hydrogens (tertiary/aromatic N) is 2. The summed E-state index contributed by atoms with van der Waals surface area (Å²) in [5.74, 6) is -0.242. The van der Waals surface area contributed by atoms with Crippen LogP contribution in [0.1, 0.15) is 0 Å². The molecule has 2 N–H and O–H groups in total. The lowest BCUT2D eigenvalue weighted by molar-refractivity contribution is -0.116. The smallest absolute Gasteiger partial charge is 0.236 e. The molecule has 0 atom stereocenters. The topological polar surface area (TPSA) is 59.2 Å². The number of nitrogens with two attached hydrogens (primary N) is 1. The first-order valence-electron chi connectivity index (χ1n) is 5.22. The molecule has 0 unspecified atom stereocenters. The molecule has 0 radical (unpaired) electrons. The first-order valence-corrected chi connectivity index (χ1v) is 6.02. The molecule has 0 saturated heterocycles. The van der Waals surface area contributed by atoms with E-state index in [1.54, 1.807) is 24.1 Å². The molecule has 1 heterocycles. The van der Waals surface area contributed by atoms with Crippen molar-refractivity contribution in [1.29, 1.82) is 0 Å². The van der Waals surface area contributed by atoms with Crippen molar-refractivity contribution < 1.29 is 9.18 Å². The van der Waals surface area contributed by atoms with Gasteiger partial charge in [0.1, 0.15) is 11.6 Å². The number of halogens is 2. The summed E-state index contributed by atoms with van der Waals surface area (Å²) >= 11 is 3.12. The maximum atomic E-state index is 13.4. The average molecular weight is 312 g/mol. The minimum absolute atomic E-state index is 0.0670. The number of rotatable bonds is 3. The lowest BCUT2D eigenvalue weighted by Gasteiger charge is -2.16. The molecule has 18 heavy (non-hydrogen) atoms. The van der Waals surface area contributed by atoms with Crippen LogP contribution in [0.4, 0.5) is 10.2 Å². The molecule has 1 amide bonds. The second-order valence-corrected chi connectivity index (χ2v) is 4.81. The van der Waals surface area contributed by atoms with Crippen LogP contribution in [0.2, 0.25) is 0 Å². The van der Waals surface area contributed by atoms with E-state index in [1.807, 2.05) is 6.07 Å². The number of aromatic nitrogens is 1. The quantitative estimate of drug-likeness (QED) is 0.944. The Morgan fingerprint density at radius 1 is 1.50 bits per heavy atom. The zero-order valence-electron chi connectivity index (χ0n) is 9.65. The van der Waals surface area contributed by atoms with Crippen molar-refractivity contribution >= 4 is 38.6 Å². The van der Waals surface area contributed by atoms with Gasteiger partial charge in [-0.25, -0.2) is 9.37 Å². The summed E-state index contributed by atoms with van der Waals surface area (Å²) in [5, 5.41) is 0.819. The van der Waals surface area contributed by atoms with Gasteiger partial charge in [0, 0.05) is 18.5 Å². The van der Waals surface area contributed by atoms with Gasteiger partial charge in [0.25, 0.3) is 0 Å². The fourth-order valence-corrected chi connectivity index (χ4v) is 2.00. The third-order valence-corrected chi connectivity index (χ3v) is 3.11. The molecule has 4 nitrogen and oxygen atoms in total. The molecule has 6 heteroatoms. The van der Waals surface area contributed by atoms with Gasteiger partial charge >= 0.3 is 0 Å². The Bertz CT molecular complexity index is 618. The van der Waals surface area contributed by atoms with E-state index in [-0.39, 0.29) is 12.4 Å². The van der Waals surface area contributed by atoms with Crippen molar-refractivity contribution in [2.45, 2.75) is 0 Å². The molecule has 1 aromatic heterocycles. The van der Waals surface area contributed by atoms with E-state index in [4.69, 9.17) is 5.73 Å². The molecular weight excluding hydrogens is 301 g/mol. The van der Waals surface area contributed by atoms with Crippen LogP contribution < -0.4 is 10.6 Å². The fourth-order valence-electron chi connectivity index (χ4n) is 1.63. The zero-order valence-corrected chi connectivity index (χ0v) is 11.2. The van der Waals surface area contributed by atoms with E-state index in [2.05, 4.69) is 20.9 Å². The highest BCUT2D eigenvalue weighted by molar-refractivity contribution is 9.10. The maximum Gasteiger partial charge on any atom is 0.236 e. The van der Waals surface area contributed by atoms with Crippen molar-refractivity contribution in [1.82, 2.24) is 4.98 Å². The predicted molar refractivity (Wildman–Crippen MR) is 71.9 cm³/mol. The predicted octanol–water partition coefficient (Wildman–Crippen LogP) is 2.06. The van der Waals surface area contributed by atoms with Crippen LogP contribution in [-0.4, -0.2) is 24.5 Å². The van der Waals surface area contributed by atoms with Gasteiger partial charge < -0.3 is 10.6 Å². The van der Waals surface area contributed by atoms with E-state index < -0.39 is 5.91 Å². The Morgan fingerprint density at radius 3 is 2.89 bits per heavy atom. The largest absolute Gasteiger partial charge is 0.368 e. The number of hydrogen-bond donors (Lipinski definition) is 1. The molecule has 0 spiro atoms. The molecule has 1 aromatic carbocycles. The SMILES string of the molecule is CN(CC(N)=O)c1ccc2cc(Br)c(F)cc2n1. The zero-order chi connectivity index (χ0) is 13.3. The molecule has 0 fully saturated rings. The van der Waals surface area contributed by atoms with Crippen LogP contribution in [0.25, 0.3) is 10.9 Å². The lowest BCUT2D eigenvalue weighted by Crippen LogP contribution is -2.30. The van der Waals surface area contributed by atoms with E-state index in [0.29, 0.717) is 15.8 Å². The van der Waals surface area contributed by atoms with Gasteiger partial charge in [-0.3, -0.25) is 4.79 Å². The molecule has 0 aliphatic carbocycles. The summed E-state index contributed by atoms with van der Waals surface area (Å²) < 4.78 is 13.8. The Balaban J connectivity index is 2.43. The monoisotopic (exact) mass is 311 g/mol. The van der Waals surface area contributed by atoms with E-state index in [0.717, 1.165) is 5.39 Å². The van der Waals surface area contributed by atoms with Gasteiger partial charge in [-0.05, 0) is 34.1 Å². The highest BCUT2D eigenvalue weighted by Gasteiger charge is 2.08. The van der Waals surface area contributed by atoms with Crippen LogP contribution in [0, 0.1) is 5.82 Å². The Kier molecular flexibility index (Phi) is 3.47. The summed E-state index contributed by atoms with van der Waals surface area (Å²) in [5.41, 5.74) is 5.64. The van der Waals surface area contributed by atoms with Gasteiger partial charge in [-0.1, -0.05) is 0 Å². The van der Waals surface area contributed by atoms with Crippen molar-refractivity contribution in [3.8, 4) is 0 Å². The molecule has 94 valence electrons. The molecule has 0 aliphatic heterocycles. The highest BCUT2D eigenvalue weighted by atomic mass is 79.9. The minimum atomic E-state index is -0.443. The number of primary amides is 1. The van der Waals surface area contributed by atoms with E-state index >= 15 is 0 Å². The average Bonchev–Trinajstić information content (AvgIpc) is 2.29. The summed E-state index contributed by atoms with van der Waals surface area (Å²) in [6.45, 7) is 0.0670. The number of amides is 1. The molecule has 0 aliphatic rings. The van der Waals surface area contributed by atoms with Crippen LogP contribution in [0.3, 0.4) is 0 Å². The molecule has 2 aromatic rings. The number of likely N-dealkylation sites (N-methyl/N-ethyl adjacent to an activating group) is 1. The summed E-state index contributed by atoms with van der Waals surface area (Å²) in [6.07, 6.45) is 0. The number of anilines is 1. The normalized spacial score (nSPS) is 10.6. The lowest BCUT2D eigenvalue weighted by atomic mass is 10.2. The van der Waals surface area contributed by atoms with Crippen molar-refractivity contribution in [2.75, 3.05) is 18.5 Å². The number of carbonyl (C=O) groups excluding carboxylic acids is 1. The number of carbonyl (C=O) groups is 1. The van der Waals surface area contributed by atoms with Crippen LogP contribution in [0.15, 0.2) is 28.7 Å². The first kappa shape index (κ1) is 12.8. The Morgan fingerprint density at radius 2 is 2.22 bits per heavy atom.